The molecule has 0 aromatic heterocycles. The highest BCUT2D eigenvalue weighted by atomic mass is 35.5. The lowest BCUT2D eigenvalue weighted by Gasteiger charge is -2.28. The number of anilines is 2. The van der Waals surface area contributed by atoms with Crippen LogP contribution in [-0.4, -0.2) is 30.3 Å². The van der Waals surface area contributed by atoms with E-state index >= 15 is 0 Å². The van der Waals surface area contributed by atoms with Gasteiger partial charge in [-0.15, -0.1) is 0 Å². The number of halogens is 2. The molecule has 1 N–H and O–H groups in total. The molecule has 1 aliphatic heterocycles. The van der Waals surface area contributed by atoms with Crippen molar-refractivity contribution in [3.05, 3.63) is 94.0 Å². The van der Waals surface area contributed by atoms with E-state index in [1.165, 1.54) is 22.6 Å². The molecule has 194 valence electrons. The first-order valence-electron chi connectivity index (χ1n) is 12.3. The van der Waals surface area contributed by atoms with Crippen LogP contribution < -0.4 is 10.2 Å². The maximum atomic E-state index is 13.3. The molecule has 1 aliphatic carbocycles. The van der Waals surface area contributed by atoms with Crippen LogP contribution in [0.3, 0.4) is 0 Å². The van der Waals surface area contributed by atoms with Gasteiger partial charge in [0.25, 0.3) is 5.91 Å². The van der Waals surface area contributed by atoms with E-state index in [0.717, 1.165) is 6.42 Å². The molecule has 2 fully saturated rings. The molecule has 0 spiro atoms. The van der Waals surface area contributed by atoms with Crippen LogP contribution in [0.2, 0.25) is 10.0 Å². The zero-order valence-corrected chi connectivity index (χ0v) is 21.7. The van der Waals surface area contributed by atoms with Crippen molar-refractivity contribution in [1.82, 2.24) is 0 Å². The number of fused-ring (bicyclic) bond motifs is 1. The molecule has 3 aromatic carbocycles. The Morgan fingerprint density at radius 2 is 1.58 bits per heavy atom. The van der Waals surface area contributed by atoms with E-state index in [-0.39, 0.29) is 45.2 Å². The molecule has 9 heteroatoms. The van der Waals surface area contributed by atoms with Crippen LogP contribution in [0.5, 0.6) is 0 Å². The summed E-state index contributed by atoms with van der Waals surface area (Å²) in [5.41, 5.74) is 2.09. The number of ether oxygens (including phenoxy) is 1. The number of carbonyl (C=O) groups excluding carboxylic acids is 4. The lowest BCUT2D eigenvalue weighted by Crippen LogP contribution is -2.30. The Bertz CT molecular complexity index is 1390. The number of rotatable bonds is 6. The second kappa shape index (κ2) is 11.0. The summed E-state index contributed by atoms with van der Waals surface area (Å²) in [7, 11) is 0. The number of esters is 1. The van der Waals surface area contributed by atoms with Gasteiger partial charge in [0.2, 0.25) is 11.8 Å². The van der Waals surface area contributed by atoms with Crippen LogP contribution in [0.4, 0.5) is 11.4 Å². The van der Waals surface area contributed by atoms with Crippen molar-refractivity contribution in [2.45, 2.75) is 25.2 Å². The van der Waals surface area contributed by atoms with Crippen molar-refractivity contribution in [3.8, 4) is 0 Å². The van der Waals surface area contributed by atoms with Gasteiger partial charge in [-0.2, -0.15) is 0 Å². The molecule has 0 unspecified atom stereocenters. The molecule has 38 heavy (non-hydrogen) atoms. The van der Waals surface area contributed by atoms with E-state index in [1.807, 2.05) is 18.2 Å². The summed E-state index contributed by atoms with van der Waals surface area (Å²) in [6, 6.07) is 20.9. The fourth-order valence-electron chi connectivity index (χ4n) is 5.21. The maximum Gasteiger partial charge on any atom is 0.338 e. The third-order valence-corrected chi connectivity index (χ3v) is 7.94. The maximum absolute atomic E-state index is 13.3. The molecule has 7 nitrogen and oxygen atoms in total. The molecular formula is C29H24Cl2N2O5. The lowest BCUT2D eigenvalue weighted by atomic mass is 9.73. The van der Waals surface area contributed by atoms with Crippen molar-refractivity contribution >= 4 is 58.3 Å². The van der Waals surface area contributed by atoms with Crippen molar-refractivity contribution in [3.63, 3.8) is 0 Å². The number of imide groups is 1. The van der Waals surface area contributed by atoms with E-state index in [0.29, 0.717) is 24.2 Å². The summed E-state index contributed by atoms with van der Waals surface area (Å²) in [5.74, 6) is -2.12. The Labute approximate surface area is 229 Å². The van der Waals surface area contributed by atoms with E-state index in [4.69, 9.17) is 27.9 Å². The second-order valence-corrected chi connectivity index (χ2v) is 10.2. The monoisotopic (exact) mass is 550 g/mol. The summed E-state index contributed by atoms with van der Waals surface area (Å²) in [6.45, 7) is -0.529. The Balaban J connectivity index is 1.20. The molecule has 3 atom stereocenters. The fraction of sp³-hybridized carbons (Fsp3) is 0.241. The largest absolute Gasteiger partial charge is 0.452 e. The number of carbonyl (C=O) groups is 4. The Morgan fingerprint density at radius 1 is 0.868 bits per heavy atom. The number of hydrogen-bond acceptors (Lipinski definition) is 5. The number of benzene rings is 3. The summed E-state index contributed by atoms with van der Waals surface area (Å²) in [6.07, 6.45) is 2.17. The van der Waals surface area contributed by atoms with E-state index in [9.17, 15) is 19.2 Å². The molecule has 3 aromatic rings. The lowest BCUT2D eigenvalue weighted by molar-refractivity contribution is -0.122. The summed E-state index contributed by atoms with van der Waals surface area (Å²) in [4.78, 5) is 52.3. The Hall–Kier alpha value is -3.68. The smallest absolute Gasteiger partial charge is 0.338 e. The van der Waals surface area contributed by atoms with Crippen molar-refractivity contribution in [2.75, 3.05) is 16.8 Å². The predicted molar refractivity (Wildman–Crippen MR) is 144 cm³/mol. The van der Waals surface area contributed by atoms with Crippen molar-refractivity contribution in [1.29, 1.82) is 0 Å². The van der Waals surface area contributed by atoms with Gasteiger partial charge in [-0.1, -0.05) is 59.6 Å². The van der Waals surface area contributed by atoms with Crippen LogP contribution >= 0.6 is 23.2 Å². The van der Waals surface area contributed by atoms with Crippen molar-refractivity contribution < 1.29 is 23.9 Å². The normalized spacial score (nSPS) is 20.7. The van der Waals surface area contributed by atoms with Crippen LogP contribution in [0, 0.1) is 11.8 Å². The topological polar surface area (TPSA) is 92.8 Å². The second-order valence-electron chi connectivity index (χ2n) is 9.42. The first kappa shape index (κ1) is 25.9. The third kappa shape index (κ3) is 5.17. The SMILES string of the molecule is O=C(COC(=O)c1ccc(N2C(=O)[C@@H]3CC[C@H](c4ccccc4)C[C@H]3C2=O)cc1)Nc1cccc(Cl)c1Cl. The first-order chi connectivity index (χ1) is 18.3. The summed E-state index contributed by atoms with van der Waals surface area (Å²) >= 11 is 12.0. The van der Waals surface area contributed by atoms with E-state index in [2.05, 4.69) is 17.4 Å². The molecule has 0 bridgehead atoms. The predicted octanol–water partition coefficient (Wildman–Crippen LogP) is 5.86. The standard InChI is InChI=1S/C29H24Cl2N2O5/c30-23-7-4-8-24(26(23)31)32-25(34)16-38-29(37)18-9-12-20(13-10-18)33-27(35)21-14-11-19(15-22(21)28(33)36)17-5-2-1-3-6-17/h1-10,12-13,19,21-22H,11,14-16H2,(H,32,34)/t19-,21+,22+/m0/s1. The average Bonchev–Trinajstić information content (AvgIpc) is 3.19. The van der Waals surface area contributed by atoms with Crippen LogP contribution in [-0.2, 0) is 19.1 Å². The highest BCUT2D eigenvalue weighted by molar-refractivity contribution is 6.44. The van der Waals surface area contributed by atoms with Crippen LogP contribution in [0.15, 0.2) is 72.8 Å². The Morgan fingerprint density at radius 3 is 2.32 bits per heavy atom. The minimum Gasteiger partial charge on any atom is -0.452 e. The zero-order valence-electron chi connectivity index (χ0n) is 20.2. The molecule has 3 amide bonds. The molecule has 0 radical (unpaired) electrons. The first-order valence-corrected chi connectivity index (χ1v) is 13.0. The molecule has 1 saturated heterocycles. The average molecular weight is 551 g/mol. The summed E-state index contributed by atoms with van der Waals surface area (Å²) in [5, 5.41) is 3.01. The van der Waals surface area contributed by atoms with Crippen LogP contribution in [0.25, 0.3) is 0 Å². The van der Waals surface area contributed by atoms with Gasteiger partial charge in [0.15, 0.2) is 6.61 Å². The van der Waals surface area contributed by atoms with E-state index < -0.39 is 18.5 Å². The Kier molecular flexibility index (Phi) is 7.49. The number of hydrogen-bond donors (Lipinski definition) is 1. The van der Waals surface area contributed by atoms with Gasteiger partial charge in [0.05, 0.1) is 38.8 Å². The quantitative estimate of drug-likeness (QED) is 0.306. The fourth-order valence-corrected chi connectivity index (χ4v) is 5.56. The number of nitrogens with zero attached hydrogens (tertiary/aromatic N) is 1. The number of amides is 3. The van der Waals surface area contributed by atoms with Gasteiger partial charge < -0.3 is 10.1 Å². The molecule has 1 saturated carbocycles. The van der Waals surface area contributed by atoms with Crippen molar-refractivity contribution in [2.24, 2.45) is 11.8 Å². The van der Waals surface area contributed by atoms with Gasteiger partial charge in [0.1, 0.15) is 0 Å². The van der Waals surface area contributed by atoms with Gasteiger partial charge >= 0.3 is 5.97 Å². The van der Waals surface area contributed by atoms with Gasteiger partial charge in [-0.05, 0) is 67.1 Å². The minimum absolute atomic E-state index is 0.183. The highest BCUT2D eigenvalue weighted by Gasteiger charge is 2.50. The van der Waals surface area contributed by atoms with Gasteiger partial charge in [0, 0.05) is 0 Å². The van der Waals surface area contributed by atoms with Gasteiger partial charge in [-0.25, -0.2) is 4.79 Å². The highest BCUT2D eigenvalue weighted by Crippen LogP contribution is 2.45. The molecular weight excluding hydrogens is 527 g/mol. The van der Waals surface area contributed by atoms with E-state index in [1.54, 1.807) is 30.3 Å². The van der Waals surface area contributed by atoms with Gasteiger partial charge in [-0.3, -0.25) is 19.3 Å². The summed E-state index contributed by atoms with van der Waals surface area (Å²) < 4.78 is 5.10. The number of nitrogens with one attached hydrogen (secondary N) is 1. The van der Waals surface area contributed by atoms with Crippen LogP contribution in [0.1, 0.15) is 41.1 Å². The third-order valence-electron chi connectivity index (χ3n) is 7.12. The molecule has 1 heterocycles. The molecule has 2 aliphatic rings. The minimum atomic E-state index is -0.720. The zero-order chi connectivity index (χ0) is 26.8. The molecule has 5 rings (SSSR count).